The third kappa shape index (κ3) is 1.50. The molecule has 0 N–H and O–H groups in total. The Kier molecular flexibility index (Phi) is 2.12. The maximum absolute atomic E-state index is 4.89. The first kappa shape index (κ1) is 7.79. The zero-order valence-corrected chi connectivity index (χ0v) is 8.36. The van der Waals surface area contributed by atoms with E-state index in [0.717, 1.165) is 11.3 Å². The van der Waals surface area contributed by atoms with Crippen LogP contribution in [-0.4, -0.2) is 4.98 Å². The largest absolute Gasteiger partial charge is 0.451 e. The summed E-state index contributed by atoms with van der Waals surface area (Å²) in [5.41, 5.74) is 1.97. The van der Waals surface area contributed by atoms with Crippen LogP contribution < -0.4 is 0 Å². The minimum absolute atomic E-state index is 0.881. The highest BCUT2D eigenvalue weighted by molar-refractivity contribution is 14.1. The minimum Gasteiger partial charge on any atom is -0.451 e. The van der Waals surface area contributed by atoms with Gasteiger partial charge in [0.15, 0.2) is 6.39 Å². The maximum Gasteiger partial charge on any atom is 0.181 e. The molecule has 2 aromatic rings. The summed E-state index contributed by atoms with van der Waals surface area (Å²) >= 11 is 2.27. The van der Waals surface area contributed by atoms with Gasteiger partial charge in [-0.3, -0.25) is 0 Å². The van der Waals surface area contributed by atoms with Crippen LogP contribution in [0.4, 0.5) is 0 Å². The first-order valence-corrected chi connectivity index (χ1v) is 4.58. The van der Waals surface area contributed by atoms with Gasteiger partial charge in [0.2, 0.25) is 0 Å². The highest BCUT2D eigenvalue weighted by atomic mass is 127. The van der Waals surface area contributed by atoms with Gasteiger partial charge in [-0.2, -0.15) is 0 Å². The molecule has 1 aromatic heterocycles. The van der Waals surface area contributed by atoms with E-state index in [1.54, 1.807) is 6.26 Å². The lowest BCUT2D eigenvalue weighted by molar-refractivity contribution is 0.558. The molecule has 0 amide bonds. The second-order valence-electron chi connectivity index (χ2n) is 2.38. The van der Waals surface area contributed by atoms with Crippen LogP contribution in [0, 0.1) is 3.57 Å². The first-order valence-electron chi connectivity index (χ1n) is 3.50. The molecule has 1 aromatic carbocycles. The number of nitrogens with zero attached hydrogens (tertiary/aromatic N) is 1. The maximum atomic E-state index is 4.89. The summed E-state index contributed by atoms with van der Waals surface area (Å²) in [6.07, 6.45) is 3.08. The monoisotopic (exact) mass is 271 g/mol. The van der Waals surface area contributed by atoms with Gasteiger partial charge in [0, 0.05) is 9.13 Å². The molecule has 0 aliphatic rings. The van der Waals surface area contributed by atoms with Crippen LogP contribution in [0.2, 0.25) is 0 Å². The van der Waals surface area contributed by atoms with Gasteiger partial charge >= 0.3 is 0 Å². The molecule has 0 atom stereocenters. The Morgan fingerprint density at radius 2 is 1.92 bits per heavy atom. The van der Waals surface area contributed by atoms with E-state index < -0.39 is 0 Å². The second-order valence-corrected chi connectivity index (χ2v) is 3.63. The van der Waals surface area contributed by atoms with Gasteiger partial charge in [0.05, 0.1) is 0 Å². The standard InChI is InChI=1S/C9H6INO/c10-8-3-1-7(2-4-8)9-5-12-6-11-9/h1-6H. The van der Waals surface area contributed by atoms with E-state index in [1.807, 2.05) is 24.3 Å². The van der Waals surface area contributed by atoms with E-state index in [1.165, 1.54) is 9.96 Å². The lowest BCUT2D eigenvalue weighted by atomic mass is 10.2. The van der Waals surface area contributed by atoms with Crippen LogP contribution in [0.15, 0.2) is 41.3 Å². The van der Waals surface area contributed by atoms with Crippen LogP contribution in [-0.2, 0) is 0 Å². The van der Waals surface area contributed by atoms with Gasteiger partial charge < -0.3 is 4.42 Å². The molecule has 2 nitrogen and oxygen atoms in total. The molecule has 0 aliphatic carbocycles. The zero-order valence-electron chi connectivity index (χ0n) is 6.20. The molecule has 1 heterocycles. The molecule has 60 valence electrons. The summed E-state index contributed by atoms with van der Waals surface area (Å²) in [7, 11) is 0. The van der Waals surface area contributed by atoms with Gasteiger partial charge in [0.25, 0.3) is 0 Å². The van der Waals surface area contributed by atoms with Gasteiger partial charge in [-0.15, -0.1) is 0 Å². The van der Waals surface area contributed by atoms with Gasteiger partial charge in [-0.25, -0.2) is 4.98 Å². The van der Waals surface area contributed by atoms with Crippen LogP contribution in [0.3, 0.4) is 0 Å². The molecule has 0 saturated carbocycles. The predicted molar refractivity (Wildman–Crippen MR) is 54.7 cm³/mol. The van der Waals surface area contributed by atoms with E-state index >= 15 is 0 Å². The summed E-state index contributed by atoms with van der Waals surface area (Å²) < 4.78 is 6.11. The summed E-state index contributed by atoms with van der Waals surface area (Å²) in [5.74, 6) is 0. The summed E-state index contributed by atoms with van der Waals surface area (Å²) in [6.45, 7) is 0. The molecular weight excluding hydrogens is 265 g/mol. The minimum atomic E-state index is 0.881. The summed E-state index contributed by atoms with van der Waals surface area (Å²) in [6, 6.07) is 8.15. The van der Waals surface area contributed by atoms with Crippen LogP contribution in [0.1, 0.15) is 0 Å². The molecular formula is C9H6INO. The second kappa shape index (κ2) is 3.26. The Morgan fingerprint density at radius 1 is 1.17 bits per heavy atom. The average molecular weight is 271 g/mol. The smallest absolute Gasteiger partial charge is 0.181 e. The van der Waals surface area contributed by atoms with Crippen molar-refractivity contribution in [3.8, 4) is 11.3 Å². The number of halogens is 1. The van der Waals surface area contributed by atoms with Crippen molar-refractivity contribution in [3.63, 3.8) is 0 Å². The molecule has 0 fully saturated rings. The van der Waals surface area contributed by atoms with Crippen molar-refractivity contribution in [2.45, 2.75) is 0 Å². The van der Waals surface area contributed by atoms with Crippen molar-refractivity contribution < 1.29 is 4.42 Å². The fourth-order valence-corrected chi connectivity index (χ4v) is 1.34. The fraction of sp³-hybridized carbons (Fsp3) is 0. The van der Waals surface area contributed by atoms with Crippen molar-refractivity contribution in [1.82, 2.24) is 4.98 Å². The van der Waals surface area contributed by atoms with Gasteiger partial charge in [-0.05, 0) is 34.7 Å². The highest BCUT2D eigenvalue weighted by Crippen LogP contribution is 2.17. The van der Waals surface area contributed by atoms with Crippen LogP contribution >= 0.6 is 22.6 Å². The third-order valence-electron chi connectivity index (χ3n) is 1.57. The van der Waals surface area contributed by atoms with Crippen molar-refractivity contribution in [3.05, 3.63) is 40.5 Å². The predicted octanol–water partition coefficient (Wildman–Crippen LogP) is 2.95. The Bertz CT molecular complexity index is 353. The molecule has 12 heavy (non-hydrogen) atoms. The van der Waals surface area contributed by atoms with Crippen molar-refractivity contribution in [1.29, 1.82) is 0 Å². The molecule has 0 saturated heterocycles. The molecule has 0 bridgehead atoms. The lowest BCUT2D eigenvalue weighted by Gasteiger charge is -1.94. The number of aromatic nitrogens is 1. The summed E-state index contributed by atoms with van der Waals surface area (Å²) in [5, 5.41) is 0. The van der Waals surface area contributed by atoms with Crippen molar-refractivity contribution in [2.24, 2.45) is 0 Å². The SMILES string of the molecule is Ic1ccc(-c2cocn2)cc1. The van der Waals surface area contributed by atoms with E-state index in [2.05, 4.69) is 27.6 Å². The van der Waals surface area contributed by atoms with E-state index in [-0.39, 0.29) is 0 Å². The molecule has 3 heteroatoms. The number of hydrogen-bond acceptors (Lipinski definition) is 2. The van der Waals surface area contributed by atoms with Crippen molar-refractivity contribution in [2.75, 3.05) is 0 Å². The van der Waals surface area contributed by atoms with Gasteiger partial charge in [0.1, 0.15) is 12.0 Å². The molecule has 2 rings (SSSR count). The lowest BCUT2D eigenvalue weighted by Crippen LogP contribution is -1.76. The van der Waals surface area contributed by atoms with E-state index in [0.29, 0.717) is 0 Å². The number of benzene rings is 1. The average Bonchev–Trinajstić information content (AvgIpc) is 2.58. The third-order valence-corrected chi connectivity index (χ3v) is 2.29. The number of rotatable bonds is 1. The fourth-order valence-electron chi connectivity index (χ4n) is 0.976. The summed E-state index contributed by atoms with van der Waals surface area (Å²) in [4.78, 5) is 4.05. The highest BCUT2D eigenvalue weighted by Gasteiger charge is 1.98. The Morgan fingerprint density at radius 3 is 2.50 bits per heavy atom. The van der Waals surface area contributed by atoms with Crippen molar-refractivity contribution >= 4 is 22.6 Å². The topological polar surface area (TPSA) is 26.0 Å². The number of hydrogen-bond donors (Lipinski definition) is 0. The molecule has 0 spiro atoms. The first-order chi connectivity index (χ1) is 5.86. The van der Waals surface area contributed by atoms with E-state index in [4.69, 9.17) is 4.42 Å². The van der Waals surface area contributed by atoms with E-state index in [9.17, 15) is 0 Å². The number of oxazole rings is 1. The Balaban J connectivity index is 2.43. The Labute approximate surface area is 83.8 Å². The normalized spacial score (nSPS) is 10.1. The molecule has 0 unspecified atom stereocenters. The zero-order chi connectivity index (χ0) is 8.39. The van der Waals surface area contributed by atoms with Gasteiger partial charge in [-0.1, -0.05) is 12.1 Å². The van der Waals surface area contributed by atoms with Crippen LogP contribution in [0.25, 0.3) is 11.3 Å². The quantitative estimate of drug-likeness (QED) is 0.745. The molecule has 0 radical (unpaired) electrons. The van der Waals surface area contributed by atoms with Crippen LogP contribution in [0.5, 0.6) is 0 Å². The molecule has 0 aliphatic heterocycles. The Hall–Kier alpha value is -0.840.